The van der Waals surface area contributed by atoms with Crippen molar-refractivity contribution in [3.05, 3.63) is 65.5 Å². The molecule has 0 bridgehead atoms. The van der Waals surface area contributed by atoms with Gasteiger partial charge < -0.3 is 10.2 Å². The molecule has 1 aliphatic rings. The Balaban J connectivity index is 1.69. The Labute approximate surface area is 123 Å². The largest absolute Gasteiger partial charge is 0.508 e. The summed E-state index contributed by atoms with van der Waals surface area (Å²) < 4.78 is 13.3. The smallest absolute Gasteiger partial charge is 0.127 e. The second-order valence-electron chi connectivity index (χ2n) is 5.77. The number of phenols is 1. The first kappa shape index (κ1) is 14.0. The molecule has 0 spiro atoms. The highest BCUT2D eigenvalue weighted by atomic mass is 19.1. The quantitative estimate of drug-likeness (QED) is 0.906. The highest BCUT2D eigenvalue weighted by Crippen LogP contribution is 2.35. The lowest BCUT2D eigenvalue weighted by atomic mass is 9.74. The third-order valence-corrected chi connectivity index (χ3v) is 4.09. The SMILES string of the molecule is OCC1(c2ccccc2)CN(Cc2cc(O)cc(F)c2)C1. The number of aliphatic hydroxyl groups is 1. The van der Waals surface area contributed by atoms with Gasteiger partial charge in [0.15, 0.2) is 0 Å². The molecule has 0 unspecified atom stereocenters. The van der Waals surface area contributed by atoms with E-state index in [9.17, 15) is 14.6 Å². The first-order valence-electron chi connectivity index (χ1n) is 6.98. The van der Waals surface area contributed by atoms with Crippen molar-refractivity contribution in [2.45, 2.75) is 12.0 Å². The van der Waals surface area contributed by atoms with Gasteiger partial charge in [0.25, 0.3) is 0 Å². The highest BCUT2D eigenvalue weighted by molar-refractivity contribution is 5.32. The molecule has 1 fully saturated rings. The van der Waals surface area contributed by atoms with E-state index in [1.165, 1.54) is 6.07 Å². The van der Waals surface area contributed by atoms with Gasteiger partial charge in [-0.3, -0.25) is 4.90 Å². The van der Waals surface area contributed by atoms with Crippen LogP contribution < -0.4 is 0 Å². The van der Waals surface area contributed by atoms with E-state index >= 15 is 0 Å². The first-order valence-corrected chi connectivity index (χ1v) is 6.98. The van der Waals surface area contributed by atoms with Crippen LogP contribution in [0.5, 0.6) is 5.75 Å². The molecular weight excluding hydrogens is 269 g/mol. The van der Waals surface area contributed by atoms with Crippen molar-refractivity contribution in [3.63, 3.8) is 0 Å². The standard InChI is InChI=1S/C17H18FNO2/c18-15-6-13(7-16(21)8-15)9-19-10-17(11-19,12-20)14-4-2-1-3-5-14/h1-8,20-21H,9-12H2. The van der Waals surface area contributed by atoms with Crippen molar-refractivity contribution in [1.82, 2.24) is 4.90 Å². The lowest BCUT2D eigenvalue weighted by molar-refractivity contribution is 0.0139. The summed E-state index contributed by atoms with van der Waals surface area (Å²) in [6.45, 7) is 2.12. The predicted octanol–water partition coefficient (Wildman–Crippen LogP) is 2.28. The maximum atomic E-state index is 13.3. The first-order chi connectivity index (χ1) is 10.1. The van der Waals surface area contributed by atoms with Gasteiger partial charge in [-0.05, 0) is 23.3 Å². The number of hydrogen-bond acceptors (Lipinski definition) is 3. The summed E-state index contributed by atoms with van der Waals surface area (Å²) in [5.41, 5.74) is 1.65. The van der Waals surface area contributed by atoms with E-state index in [1.54, 1.807) is 6.07 Å². The van der Waals surface area contributed by atoms with Crippen LogP contribution in [0.4, 0.5) is 4.39 Å². The summed E-state index contributed by atoms with van der Waals surface area (Å²) >= 11 is 0. The van der Waals surface area contributed by atoms with Gasteiger partial charge in [-0.15, -0.1) is 0 Å². The molecule has 21 heavy (non-hydrogen) atoms. The monoisotopic (exact) mass is 287 g/mol. The summed E-state index contributed by atoms with van der Waals surface area (Å²) in [6.07, 6.45) is 0. The van der Waals surface area contributed by atoms with Crippen molar-refractivity contribution in [2.75, 3.05) is 19.7 Å². The average molecular weight is 287 g/mol. The Hall–Kier alpha value is -1.91. The van der Waals surface area contributed by atoms with Crippen molar-refractivity contribution < 1.29 is 14.6 Å². The molecule has 0 amide bonds. The number of hydrogen-bond donors (Lipinski definition) is 2. The van der Waals surface area contributed by atoms with Gasteiger partial charge >= 0.3 is 0 Å². The highest BCUT2D eigenvalue weighted by Gasteiger charge is 2.43. The Morgan fingerprint density at radius 1 is 1.10 bits per heavy atom. The van der Waals surface area contributed by atoms with Gasteiger partial charge in [-0.2, -0.15) is 0 Å². The van der Waals surface area contributed by atoms with Crippen LogP contribution in [-0.4, -0.2) is 34.8 Å². The predicted molar refractivity (Wildman–Crippen MR) is 78.5 cm³/mol. The molecule has 0 aliphatic carbocycles. The molecule has 3 rings (SSSR count). The summed E-state index contributed by atoms with van der Waals surface area (Å²) in [5, 5.41) is 19.2. The van der Waals surface area contributed by atoms with Crippen molar-refractivity contribution in [3.8, 4) is 5.75 Å². The van der Waals surface area contributed by atoms with E-state index in [0.29, 0.717) is 6.54 Å². The molecule has 1 saturated heterocycles. The van der Waals surface area contributed by atoms with Crippen molar-refractivity contribution in [2.24, 2.45) is 0 Å². The number of benzene rings is 2. The number of likely N-dealkylation sites (tertiary alicyclic amines) is 1. The van der Waals surface area contributed by atoms with Crippen LogP contribution in [0.25, 0.3) is 0 Å². The molecule has 0 radical (unpaired) electrons. The maximum absolute atomic E-state index is 13.3. The van der Waals surface area contributed by atoms with Gasteiger partial charge in [-0.25, -0.2) is 4.39 Å². The van der Waals surface area contributed by atoms with Crippen LogP contribution in [0.15, 0.2) is 48.5 Å². The molecule has 0 atom stereocenters. The molecule has 4 heteroatoms. The molecule has 0 saturated carbocycles. The Bertz CT molecular complexity index is 604. The van der Waals surface area contributed by atoms with E-state index < -0.39 is 5.82 Å². The van der Waals surface area contributed by atoms with Gasteiger partial charge in [0, 0.05) is 31.1 Å². The zero-order chi connectivity index (χ0) is 14.9. The molecular formula is C17H18FNO2. The minimum absolute atomic E-state index is 0.0537. The maximum Gasteiger partial charge on any atom is 0.127 e. The Morgan fingerprint density at radius 3 is 2.43 bits per heavy atom. The average Bonchev–Trinajstić information content (AvgIpc) is 2.42. The third kappa shape index (κ3) is 2.77. The van der Waals surface area contributed by atoms with Gasteiger partial charge in [0.2, 0.25) is 0 Å². The number of aromatic hydroxyl groups is 1. The topological polar surface area (TPSA) is 43.7 Å². The minimum Gasteiger partial charge on any atom is -0.508 e. The number of phenolic OH excluding ortho intramolecular Hbond substituents is 1. The van der Waals surface area contributed by atoms with Gasteiger partial charge in [0.05, 0.1) is 6.61 Å². The van der Waals surface area contributed by atoms with Crippen LogP contribution in [0, 0.1) is 5.82 Å². The number of rotatable bonds is 4. The lowest BCUT2D eigenvalue weighted by Gasteiger charge is -2.49. The van der Waals surface area contributed by atoms with E-state index in [-0.39, 0.29) is 17.8 Å². The number of aliphatic hydroxyl groups excluding tert-OH is 1. The zero-order valence-electron chi connectivity index (χ0n) is 11.7. The molecule has 2 N–H and O–H groups in total. The fourth-order valence-electron chi connectivity index (χ4n) is 3.07. The van der Waals surface area contributed by atoms with Crippen LogP contribution >= 0.6 is 0 Å². The van der Waals surface area contributed by atoms with Crippen molar-refractivity contribution in [1.29, 1.82) is 0 Å². The van der Waals surface area contributed by atoms with E-state index in [0.717, 1.165) is 30.3 Å². The van der Waals surface area contributed by atoms with Crippen molar-refractivity contribution >= 4 is 0 Å². The normalized spacial score (nSPS) is 17.4. The molecule has 1 heterocycles. The number of nitrogens with zero attached hydrogens (tertiary/aromatic N) is 1. The molecule has 110 valence electrons. The van der Waals surface area contributed by atoms with E-state index in [4.69, 9.17) is 0 Å². The minimum atomic E-state index is -0.429. The summed E-state index contributed by atoms with van der Waals surface area (Å²) in [4.78, 5) is 2.14. The molecule has 2 aromatic rings. The number of halogens is 1. The Kier molecular flexibility index (Phi) is 3.66. The lowest BCUT2D eigenvalue weighted by Crippen LogP contribution is -2.60. The Morgan fingerprint density at radius 2 is 1.81 bits per heavy atom. The van der Waals surface area contributed by atoms with Crippen LogP contribution in [-0.2, 0) is 12.0 Å². The van der Waals surface area contributed by atoms with Crippen LogP contribution in [0.3, 0.4) is 0 Å². The van der Waals surface area contributed by atoms with Crippen LogP contribution in [0.1, 0.15) is 11.1 Å². The summed E-state index contributed by atoms with van der Waals surface area (Å²) in [5.74, 6) is -0.482. The molecule has 0 aromatic heterocycles. The second kappa shape index (κ2) is 5.47. The van der Waals surface area contributed by atoms with E-state index in [2.05, 4.69) is 4.90 Å². The summed E-state index contributed by atoms with van der Waals surface area (Å²) in [7, 11) is 0. The zero-order valence-corrected chi connectivity index (χ0v) is 11.7. The summed E-state index contributed by atoms with van der Waals surface area (Å²) in [6, 6.07) is 14.1. The third-order valence-electron chi connectivity index (χ3n) is 4.09. The fraction of sp³-hybridized carbons (Fsp3) is 0.294. The van der Waals surface area contributed by atoms with E-state index in [1.807, 2.05) is 30.3 Å². The molecule has 1 aliphatic heterocycles. The fourth-order valence-corrected chi connectivity index (χ4v) is 3.07. The molecule has 2 aromatic carbocycles. The van der Waals surface area contributed by atoms with Gasteiger partial charge in [0.1, 0.15) is 11.6 Å². The molecule has 3 nitrogen and oxygen atoms in total. The second-order valence-corrected chi connectivity index (χ2v) is 5.77. The van der Waals surface area contributed by atoms with Crippen LogP contribution in [0.2, 0.25) is 0 Å². The van der Waals surface area contributed by atoms with Gasteiger partial charge in [-0.1, -0.05) is 30.3 Å².